The second-order valence-electron chi connectivity index (χ2n) is 4.66. The van der Waals surface area contributed by atoms with Gasteiger partial charge in [0.25, 0.3) is 5.91 Å². The molecule has 19 heavy (non-hydrogen) atoms. The number of rotatable bonds is 5. The van der Waals surface area contributed by atoms with Gasteiger partial charge in [0, 0.05) is 10.9 Å². The number of carbonyl (C=O) groups is 2. The Bertz CT molecular complexity index is 499. The Hall–Kier alpha value is -1.49. The third kappa shape index (κ3) is 2.92. The molecule has 102 valence electrons. The zero-order valence-corrected chi connectivity index (χ0v) is 11.8. The molecule has 0 spiro atoms. The molecule has 0 aromatic heterocycles. The normalized spacial score (nSPS) is 15.9. The first-order valence-corrected chi connectivity index (χ1v) is 7.47. The summed E-state index contributed by atoms with van der Waals surface area (Å²) in [6.07, 6.45) is 3.70. The number of carbonyl (C=O) groups excluding carboxylic acids is 1. The Morgan fingerprint density at radius 3 is 2.53 bits per heavy atom. The van der Waals surface area contributed by atoms with Gasteiger partial charge in [-0.3, -0.25) is 4.79 Å². The molecule has 0 bridgehead atoms. The van der Waals surface area contributed by atoms with E-state index in [0.29, 0.717) is 5.56 Å². The average Bonchev–Trinajstić information content (AvgIpc) is 3.23. The maximum absolute atomic E-state index is 12.6. The van der Waals surface area contributed by atoms with Gasteiger partial charge in [-0.1, -0.05) is 12.1 Å². The van der Waals surface area contributed by atoms with E-state index in [1.165, 1.54) is 16.7 Å². The smallest absolute Gasteiger partial charge is 0.326 e. The van der Waals surface area contributed by atoms with E-state index < -0.39 is 12.0 Å². The fourth-order valence-corrected chi connectivity index (χ4v) is 2.68. The third-order valence-electron chi connectivity index (χ3n) is 3.29. The summed E-state index contributed by atoms with van der Waals surface area (Å²) >= 11 is 1.50. The van der Waals surface area contributed by atoms with E-state index in [1.54, 1.807) is 13.0 Å². The van der Waals surface area contributed by atoms with Crippen LogP contribution in [0.1, 0.15) is 30.1 Å². The van der Waals surface area contributed by atoms with Crippen LogP contribution in [0.3, 0.4) is 0 Å². The Morgan fingerprint density at radius 2 is 2.00 bits per heavy atom. The fraction of sp³-hybridized carbons (Fsp3) is 0.429. The summed E-state index contributed by atoms with van der Waals surface area (Å²) in [5, 5.41) is 9.15. The standard InChI is InChI=1S/C14H17NO3S/c1-9(14(17)18)15(10-7-8-10)13(16)11-5-3-4-6-12(11)19-2/h3-6,9-10H,7-8H2,1-2H3,(H,17,18). The number of aliphatic carboxylic acids is 1. The van der Waals surface area contributed by atoms with Gasteiger partial charge >= 0.3 is 5.97 Å². The SMILES string of the molecule is CSc1ccccc1C(=O)N(C1CC1)C(C)C(=O)O. The zero-order chi connectivity index (χ0) is 14.0. The first kappa shape index (κ1) is 13.9. The summed E-state index contributed by atoms with van der Waals surface area (Å²) in [5.41, 5.74) is 0.593. The lowest BCUT2D eigenvalue weighted by Crippen LogP contribution is -2.44. The van der Waals surface area contributed by atoms with Crippen LogP contribution in [0.15, 0.2) is 29.2 Å². The molecule has 1 aromatic carbocycles. The number of hydrogen-bond donors (Lipinski definition) is 1. The molecular weight excluding hydrogens is 262 g/mol. The van der Waals surface area contributed by atoms with E-state index in [2.05, 4.69) is 0 Å². The van der Waals surface area contributed by atoms with Gasteiger partial charge in [-0.05, 0) is 38.2 Å². The zero-order valence-electron chi connectivity index (χ0n) is 11.0. The Morgan fingerprint density at radius 1 is 1.37 bits per heavy atom. The van der Waals surface area contributed by atoms with E-state index in [4.69, 9.17) is 5.11 Å². The lowest BCUT2D eigenvalue weighted by atomic mass is 10.1. The summed E-state index contributed by atoms with van der Waals surface area (Å²) in [6.45, 7) is 1.57. The molecule has 1 aliphatic rings. The molecule has 2 rings (SSSR count). The van der Waals surface area contributed by atoms with E-state index in [1.807, 2.05) is 24.5 Å². The number of amides is 1. The molecule has 1 N–H and O–H groups in total. The molecule has 1 aliphatic carbocycles. The predicted octanol–water partition coefficient (Wildman–Crippen LogP) is 2.49. The van der Waals surface area contributed by atoms with Crippen LogP contribution in [-0.4, -0.2) is 40.2 Å². The Labute approximate surface area is 116 Å². The van der Waals surface area contributed by atoms with Crippen LogP contribution in [0, 0.1) is 0 Å². The maximum atomic E-state index is 12.6. The predicted molar refractivity (Wildman–Crippen MR) is 74.5 cm³/mol. The van der Waals surface area contributed by atoms with Crippen LogP contribution in [0.5, 0.6) is 0 Å². The molecule has 1 unspecified atom stereocenters. The molecule has 0 saturated heterocycles. The van der Waals surface area contributed by atoms with Crippen molar-refractivity contribution in [3.63, 3.8) is 0 Å². The molecule has 1 saturated carbocycles. The topological polar surface area (TPSA) is 57.6 Å². The number of thioether (sulfide) groups is 1. The lowest BCUT2D eigenvalue weighted by molar-refractivity contribution is -0.141. The second-order valence-corrected chi connectivity index (χ2v) is 5.51. The second kappa shape index (κ2) is 5.65. The molecule has 1 amide bonds. The first-order valence-electron chi connectivity index (χ1n) is 6.24. The van der Waals surface area contributed by atoms with Crippen molar-refractivity contribution in [3.8, 4) is 0 Å². The number of nitrogens with zero attached hydrogens (tertiary/aromatic N) is 1. The first-order chi connectivity index (χ1) is 9.06. The van der Waals surface area contributed by atoms with E-state index >= 15 is 0 Å². The third-order valence-corrected chi connectivity index (χ3v) is 4.08. The highest BCUT2D eigenvalue weighted by Crippen LogP contribution is 2.32. The summed E-state index contributed by atoms with van der Waals surface area (Å²) < 4.78 is 0. The van der Waals surface area contributed by atoms with Crippen molar-refractivity contribution in [3.05, 3.63) is 29.8 Å². The van der Waals surface area contributed by atoms with E-state index in [-0.39, 0.29) is 11.9 Å². The molecule has 0 radical (unpaired) electrons. The maximum Gasteiger partial charge on any atom is 0.326 e. The Kier molecular flexibility index (Phi) is 4.14. The van der Waals surface area contributed by atoms with Crippen molar-refractivity contribution in [1.29, 1.82) is 0 Å². The van der Waals surface area contributed by atoms with Gasteiger partial charge in [-0.15, -0.1) is 11.8 Å². The highest BCUT2D eigenvalue weighted by molar-refractivity contribution is 7.98. The van der Waals surface area contributed by atoms with Crippen LogP contribution in [0.2, 0.25) is 0 Å². The molecular formula is C14H17NO3S. The van der Waals surface area contributed by atoms with Gasteiger partial charge in [-0.25, -0.2) is 4.79 Å². The quantitative estimate of drug-likeness (QED) is 0.841. The largest absolute Gasteiger partial charge is 0.480 e. The van der Waals surface area contributed by atoms with Gasteiger partial charge in [0.15, 0.2) is 0 Å². The summed E-state index contributed by atoms with van der Waals surface area (Å²) in [5.74, 6) is -1.13. The van der Waals surface area contributed by atoms with Crippen LogP contribution < -0.4 is 0 Å². The van der Waals surface area contributed by atoms with Crippen molar-refractivity contribution >= 4 is 23.6 Å². The van der Waals surface area contributed by atoms with Crippen LogP contribution in [0.4, 0.5) is 0 Å². The van der Waals surface area contributed by atoms with Gasteiger partial charge in [0.05, 0.1) is 5.56 Å². The Balaban J connectivity index is 2.31. The molecule has 5 heteroatoms. The molecule has 1 atom stereocenters. The number of benzene rings is 1. The van der Waals surface area contributed by atoms with Gasteiger partial charge < -0.3 is 10.0 Å². The molecule has 4 nitrogen and oxygen atoms in total. The minimum atomic E-state index is -0.957. The van der Waals surface area contributed by atoms with Crippen LogP contribution in [0.25, 0.3) is 0 Å². The number of carboxylic acid groups (broad SMARTS) is 1. The van der Waals surface area contributed by atoms with Gasteiger partial charge in [0.2, 0.25) is 0 Å². The summed E-state index contributed by atoms with van der Waals surface area (Å²) in [6, 6.07) is 6.63. The van der Waals surface area contributed by atoms with Crippen molar-refractivity contribution in [2.45, 2.75) is 36.7 Å². The molecule has 1 fully saturated rings. The highest BCUT2D eigenvalue weighted by Gasteiger charge is 2.39. The van der Waals surface area contributed by atoms with Crippen molar-refractivity contribution in [2.24, 2.45) is 0 Å². The van der Waals surface area contributed by atoms with Crippen molar-refractivity contribution < 1.29 is 14.7 Å². The monoisotopic (exact) mass is 279 g/mol. The minimum Gasteiger partial charge on any atom is -0.480 e. The molecule has 1 aromatic rings. The van der Waals surface area contributed by atoms with Crippen LogP contribution >= 0.6 is 11.8 Å². The van der Waals surface area contributed by atoms with E-state index in [0.717, 1.165) is 17.7 Å². The van der Waals surface area contributed by atoms with E-state index in [9.17, 15) is 9.59 Å². The van der Waals surface area contributed by atoms with Gasteiger partial charge in [0.1, 0.15) is 6.04 Å². The average molecular weight is 279 g/mol. The fourth-order valence-electron chi connectivity index (χ4n) is 2.09. The highest BCUT2D eigenvalue weighted by atomic mass is 32.2. The lowest BCUT2D eigenvalue weighted by Gasteiger charge is -2.27. The molecule has 0 aliphatic heterocycles. The number of hydrogen-bond acceptors (Lipinski definition) is 3. The minimum absolute atomic E-state index is 0.0773. The summed E-state index contributed by atoms with van der Waals surface area (Å²) in [7, 11) is 0. The number of carboxylic acids is 1. The van der Waals surface area contributed by atoms with Gasteiger partial charge in [-0.2, -0.15) is 0 Å². The molecule has 0 heterocycles. The van der Waals surface area contributed by atoms with Crippen LogP contribution in [-0.2, 0) is 4.79 Å². The van der Waals surface area contributed by atoms with Crippen molar-refractivity contribution in [1.82, 2.24) is 4.90 Å². The summed E-state index contributed by atoms with van der Waals surface area (Å²) in [4.78, 5) is 26.2. The van der Waals surface area contributed by atoms with Crippen molar-refractivity contribution in [2.75, 3.05) is 6.26 Å².